The number of pyridine rings is 1. The number of carboxylic acids is 2. The van der Waals surface area contributed by atoms with Crippen LogP contribution in [0, 0.1) is 0 Å². The molecule has 0 amide bonds. The Morgan fingerprint density at radius 3 is 2.29 bits per heavy atom. The van der Waals surface area contributed by atoms with Gasteiger partial charge in [0.2, 0.25) is 0 Å². The fraction of sp³-hybridized carbons (Fsp3) is 0.179. The number of nitrogens with zero attached hydrogens (tertiary/aromatic N) is 1. The van der Waals surface area contributed by atoms with Gasteiger partial charge in [-0.3, -0.25) is 0 Å². The second-order valence-electron chi connectivity index (χ2n) is 8.03. The molecule has 0 aliphatic heterocycles. The molecule has 0 saturated carbocycles. The SMILES string of the molecule is CCCCc1c(C(=O)O)nc2ccccc2c1OCc1ccc(-c2ccccc2C(=O)O)cc1. The quantitative estimate of drug-likeness (QED) is 0.311. The Bertz CT molecular complexity index is 1350. The van der Waals surface area contributed by atoms with E-state index in [4.69, 9.17) is 4.74 Å². The lowest BCUT2D eigenvalue weighted by Gasteiger charge is -2.16. The highest BCUT2D eigenvalue weighted by Gasteiger charge is 2.20. The average molecular weight is 456 g/mol. The Labute approximate surface area is 197 Å². The summed E-state index contributed by atoms with van der Waals surface area (Å²) >= 11 is 0. The lowest BCUT2D eigenvalue weighted by atomic mass is 9.99. The Balaban J connectivity index is 1.66. The first-order valence-corrected chi connectivity index (χ1v) is 11.2. The molecule has 2 N–H and O–H groups in total. The number of ether oxygens (including phenoxy) is 1. The topological polar surface area (TPSA) is 96.7 Å². The van der Waals surface area contributed by atoms with E-state index in [2.05, 4.69) is 11.9 Å². The second-order valence-corrected chi connectivity index (χ2v) is 8.03. The van der Waals surface area contributed by atoms with E-state index < -0.39 is 11.9 Å². The Morgan fingerprint density at radius 1 is 0.882 bits per heavy atom. The molecule has 0 spiro atoms. The third kappa shape index (κ3) is 4.76. The van der Waals surface area contributed by atoms with E-state index in [1.165, 1.54) is 0 Å². The third-order valence-electron chi connectivity index (χ3n) is 5.73. The van der Waals surface area contributed by atoms with E-state index in [0.29, 0.717) is 28.8 Å². The summed E-state index contributed by atoms with van der Waals surface area (Å²) < 4.78 is 6.23. The van der Waals surface area contributed by atoms with Crippen molar-refractivity contribution in [2.24, 2.45) is 0 Å². The number of rotatable bonds is 9. The highest BCUT2D eigenvalue weighted by Crippen LogP contribution is 2.33. The van der Waals surface area contributed by atoms with Crippen LogP contribution in [-0.2, 0) is 13.0 Å². The van der Waals surface area contributed by atoms with Crippen LogP contribution in [-0.4, -0.2) is 27.1 Å². The highest BCUT2D eigenvalue weighted by molar-refractivity contribution is 5.96. The van der Waals surface area contributed by atoms with Crippen molar-refractivity contribution in [3.05, 3.63) is 95.2 Å². The zero-order chi connectivity index (χ0) is 24.1. The van der Waals surface area contributed by atoms with Gasteiger partial charge in [-0.1, -0.05) is 67.9 Å². The van der Waals surface area contributed by atoms with Crippen molar-refractivity contribution in [3.63, 3.8) is 0 Å². The van der Waals surface area contributed by atoms with E-state index in [1.54, 1.807) is 24.3 Å². The standard InChI is InChI=1S/C28H25NO5/c1-2-3-8-23-25(28(32)33)29-24-12-7-6-11-22(24)26(23)34-17-18-13-15-19(16-14-18)20-9-4-5-10-21(20)27(30)31/h4-7,9-16H,2-3,8,17H2,1H3,(H,30,31)(H,32,33). The molecule has 34 heavy (non-hydrogen) atoms. The molecule has 6 nitrogen and oxygen atoms in total. The van der Waals surface area contributed by atoms with Crippen LogP contribution in [0.5, 0.6) is 5.75 Å². The summed E-state index contributed by atoms with van der Waals surface area (Å²) in [5.41, 5.74) is 3.80. The van der Waals surface area contributed by atoms with Gasteiger partial charge in [-0.05, 0) is 47.7 Å². The van der Waals surface area contributed by atoms with E-state index >= 15 is 0 Å². The molecule has 0 aliphatic rings. The van der Waals surface area contributed by atoms with Crippen LogP contribution in [0.1, 0.15) is 51.7 Å². The molecular formula is C28H25NO5. The molecule has 4 aromatic rings. The van der Waals surface area contributed by atoms with Crippen LogP contribution < -0.4 is 4.74 Å². The molecule has 0 aliphatic carbocycles. The van der Waals surface area contributed by atoms with Crippen molar-refractivity contribution in [1.82, 2.24) is 4.98 Å². The average Bonchev–Trinajstić information content (AvgIpc) is 2.86. The molecule has 1 aromatic heterocycles. The molecule has 0 atom stereocenters. The van der Waals surface area contributed by atoms with Crippen molar-refractivity contribution in [3.8, 4) is 16.9 Å². The van der Waals surface area contributed by atoms with Gasteiger partial charge < -0.3 is 14.9 Å². The summed E-state index contributed by atoms with van der Waals surface area (Å²) in [5.74, 6) is -1.48. The molecule has 4 rings (SSSR count). The minimum absolute atomic E-state index is 0.0303. The zero-order valence-electron chi connectivity index (χ0n) is 18.8. The predicted molar refractivity (Wildman–Crippen MR) is 130 cm³/mol. The third-order valence-corrected chi connectivity index (χ3v) is 5.73. The van der Waals surface area contributed by atoms with Crippen molar-refractivity contribution >= 4 is 22.8 Å². The molecule has 0 bridgehead atoms. The van der Waals surface area contributed by atoms with E-state index in [-0.39, 0.29) is 17.9 Å². The number of aromatic carboxylic acids is 2. The van der Waals surface area contributed by atoms with Gasteiger partial charge in [0.05, 0.1) is 11.1 Å². The van der Waals surface area contributed by atoms with Gasteiger partial charge in [0.1, 0.15) is 12.4 Å². The molecule has 0 fully saturated rings. The molecule has 1 heterocycles. The van der Waals surface area contributed by atoms with Gasteiger partial charge >= 0.3 is 11.9 Å². The Kier molecular flexibility index (Phi) is 6.87. The molecular weight excluding hydrogens is 430 g/mol. The van der Waals surface area contributed by atoms with Gasteiger partial charge in [-0.15, -0.1) is 0 Å². The first-order valence-electron chi connectivity index (χ1n) is 11.2. The molecule has 0 radical (unpaired) electrons. The monoisotopic (exact) mass is 455 g/mol. The van der Waals surface area contributed by atoms with Crippen LogP contribution in [0.15, 0.2) is 72.8 Å². The largest absolute Gasteiger partial charge is 0.488 e. The van der Waals surface area contributed by atoms with Crippen molar-refractivity contribution in [1.29, 1.82) is 0 Å². The molecule has 172 valence electrons. The van der Waals surface area contributed by atoms with Crippen LogP contribution in [0.25, 0.3) is 22.0 Å². The van der Waals surface area contributed by atoms with Crippen molar-refractivity contribution < 1.29 is 24.5 Å². The maximum atomic E-state index is 11.9. The number of hydrogen-bond acceptors (Lipinski definition) is 4. The first-order chi connectivity index (χ1) is 16.5. The van der Waals surface area contributed by atoms with Crippen molar-refractivity contribution in [2.75, 3.05) is 0 Å². The first kappa shape index (κ1) is 23.0. The smallest absolute Gasteiger partial charge is 0.354 e. The number of aromatic nitrogens is 1. The van der Waals surface area contributed by atoms with E-state index in [0.717, 1.165) is 29.4 Å². The number of benzene rings is 3. The van der Waals surface area contributed by atoms with E-state index in [1.807, 2.05) is 48.5 Å². The summed E-state index contributed by atoms with van der Waals surface area (Å²) in [7, 11) is 0. The minimum atomic E-state index is -1.07. The highest BCUT2D eigenvalue weighted by atomic mass is 16.5. The second kappa shape index (κ2) is 10.2. The minimum Gasteiger partial charge on any atom is -0.488 e. The summed E-state index contributed by atoms with van der Waals surface area (Å²) in [6, 6.07) is 21.8. The van der Waals surface area contributed by atoms with Gasteiger partial charge in [0.15, 0.2) is 5.69 Å². The maximum absolute atomic E-state index is 11.9. The van der Waals surface area contributed by atoms with Crippen LogP contribution in [0.3, 0.4) is 0 Å². The van der Waals surface area contributed by atoms with Gasteiger partial charge in [0, 0.05) is 10.9 Å². The Morgan fingerprint density at radius 2 is 1.59 bits per heavy atom. The number of fused-ring (bicyclic) bond motifs is 1. The lowest BCUT2D eigenvalue weighted by Crippen LogP contribution is -2.10. The lowest BCUT2D eigenvalue weighted by molar-refractivity contribution is 0.0681. The normalized spacial score (nSPS) is 10.9. The number of hydrogen-bond donors (Lipinski definition) is 2. The molecule has 0 saturated heterocycles. The zero-order valence-corrected chi connectivity index (χ0v) is 18.8. The van der Waals surface area contributed by atoms with Gasteiger partial charge in [0.25, 0.3) is 0 Å². The van der Waals surface area contributed by atoms with Gasteiger partial charge in [-0.25, -0.2) is 14.6 Å². The molecule has 3 aromatic carbocycles. The maximum Gasteiger partial charge on any atom is 0.354 e. The van der Waals surface area contributed by atoms with Crippen LogP contribution >= 0.6 is 0 Å². The predicted octanol–water partition coefficient (Wildman–Crippen LogP) is 6.22. The fourth-order valence-electron chi connectivity index (χ4n) is 4.01. The summed E-state index contributed by atoms with van der Waals surface area (Å²) in [5, 5.41) is 20.0. The fourth-order valence-corrected chi connectivity index (χ4v) is 4.01. The van der Waals surface area contributed by atoms with E-state index in [9.17, 15) is 19.8 Å². The summed E-state index contributed by atoms with van der Waals surface area (Å²) in [6.07, 6.45) is 2.31. The number of unbranched alkanes of at least 4 members (excludes halogenated alkanes) is 1. The molecule has 0 unspecified atom stereocenters. The number of carboxylic acid groups (broad SMARTS) is 2. The van der Waals surface area contributed by atoms with Crippen molar-refractivity contribution in [2.45, 2.75) is 32.8 Å². The van der Waals surface area contributed by atoms with Gasteiger partial charge in [-0.2, -0.15) is 0 Å². The van der Waals surface area contributed by atoms with Crippen LogP contribution in [0.4, 0.5) is 0 Å². The Hall–Kier alpha value is -4.19. The summed E-state index contributed by atoms with van der Waals surface area (Å²) in [4.78, 5) is 27.9. The number of carbonyl (C=O) groups is 2. The van der Waals surface area contributed by atoms with Crippen LogP contribution in [0.2, 0.25) is 0 Å². The molecule has 6 heteroatoms. The number of para-hydroxylation sites is 1. The summed E-state index contributed by atoms with van der Waals surface area (Å²) in [6.45, 7) is 2.30.